The summed E-state index contributed by atoms with van der Waals surface area (Å²) in [5.41, 5.74) is 4.89. The van der Waals surface area contributed by atoms with Crippen LogP contribution in [-0.2, 0) is 16.5 Å². The van der Waals surface area contributed by atoms with Gasteiger partial charge in [-0.3, -0.25) is 0 Å². The first-order chi connectivity index (χ1) is 14.8. The van der Waals surface area contributed by atoms with Crippen molar-refractivity contribution in [3.05, 3.63) is 101 Å². The molecular weight excluding hydrogens is 455 g/mol. The van der Waals surface area contributed by atoms with Crippen molar-refractivity contribution in [2.75, 3.05) is 6.61 Å². The van der Waals surface area contributed by atoms with Crippen LogP contribution in [0.5, 0.6) is 0 Å². The molecule has 0 heterocycles. The van der Waals surface area contributed by atoms with Crippen molar-refractivity contribution in [1.29, 1.82) is 0 Å². The Kier molecular flexibility index (Phi) is 8.30. The van der Waals surface area contributed by atoms with Crippen LogP contribution in [0.4, 0.5) is 0 Å². The van der Waals surface area contributed by atoms with Gasteiger partial charge in [0, 0.05) is 10.9 Å². The predicted molar refractivity (Wildman–Crippen MR) is 147 cm³/mol. The fourth-order valence-electron chi connectivity index (χ4n) is 3.71. The summed E-state index contributed by atoms with van der Waals surface area (Å²) in [5, 5.41) is 2.33. The molecule has 0 radical (unpaired) electrons. The molecule has 0 bridgehead atoms. The molecule has 1 nitrogen and oxygen atoms in total. The molecule has 160 valence electrons. The molecular formula is C26H27OPS3. The number of aryl methyl sites for hydroxylation is 3. The molecule has 31 heavy (non-hydrogen) atoms. The van der Waals surface area contributed by atoms with Gasteiger partial charge in [-0.15, -0.1) is 0 Å². The van der Waals surface area contributed by atoms with E-state index in [1.165, 1.54) is 44.6 Å². The van der Waals surface area contributed by atoms with E-state index in [9.17, 15) is 0 Å². The Balaban J connectivity index is 2.28. The molecule has 5 heteroatoms. The fraction of sp³-hybridized carbons (Fsp3) is 0.192. The summed E-state index contributed by atoms with van der Waals surface area (Å²) in [6.07, 6.45) is 0. The van der Waals surface area contributed by atoms with Crippen LogP contribution in [0.25, 0.3) is 4.91 Å². The number of hydrogen-bond acceptors (Lipinski definition) is 4. The van der Waals surface area contributed by atoms with E-state index in [2.05, 4.69) is 87.3 Å². The average molecular weight is 483 g/mol. The van der Waals surface area contributed by atoms with E-state index >= 15 is 0 Å². The highest BCUT2D eigenvalue weighted by molar-refractivity contribution is 8.30. The van der Waals surface area contributed by atoms with Gasteiger partial charge in [0.1, 0.15) is 0 Å². The summed E-state index contributed by atoms with van der Waals surface area (Å²) in [6, 6.07) is 23.1. The topological polar surface area (TPSA) is 9.23 Å². The Bertz CT molecular complexity index is 1070. The molecule has 0 aromatic heterocycles. The molecule has 3 aromatic carbocycles. The summed E-state index contributed by atoms with van der Waals surface area (Å²) >= 11 is 13.5. The monoisotopic (exact) mass is 482 g/mol. The number of rotatable bonds is 6. The minimum absolute atomic E-state index is 0.524. The van der Waals surface area contributed by atoms with Crippen molar-refractivity contribution in [2.24, 2.45) is 0 Å². The Labute approximate surface area is 200 Å². The first-order valence-electron chi connectivity index (χ1n) is 10.2. The smallest absolute Gasteiger partial charge is 0.224 e. The SMILES string of the molecule is CCOC(=S)S/C(=C/P(=S)(c1ccccc1)c1ccccc1)c1c(C)cc(C)cc1C. The van der Waals surface area contributed by atoms with Crippen molar-refractivity contribution in [3.63, 3.8) is 0 Å². The van der Waals surface area contributed by atoms with Gasteiger partial charge < -0.3 is 4.74 Å². The maximum absolute atomic E-state index is 6.48. The molecule has 0 atom stereocenters. The number of ether oxygens (including phenoxy) is 1. The molecule has 0 N–H and O–H groups in total. The highest BCUT2D eigenvalue weighted by Crippen LogP contribution is 2.50. The summed E-state index contributed by atoms with van der Waals surface area (Å²) < 4.78 is 6.18. The van der Waals surface area contributed by atoms with Gasteiger partial charge in [0.25, 0.3) is 0 Å². The third-order valence-electron chi connectivity index (χ3n) is 4.96. The lowest BCUT2D eigenvalue weighted by atomic mass is 10.00. The Morgan fingerprint density at radius 1 is 0.903 bits per heavy atom. The summed E-state index contributed by atoms with van der Waals surface area (Å²) in [6.45, 7) is 8.95. The quantitative estimate of drug-likeness (QED) is 0.274. The zero-order valence-corrected chi connectivity index (χ0v) is 21.6. The van der Waals surface area contributed by atoms with Crippen molar-refractivity contribution in [1.82, 2.24) is 0 Å². The Morgan fingerprint density at radius 3 is 1.84 bits per heavy atom. The van der Waals surface area contributed by atoms with Crippen molar-refractivity contribution >= 4 is 61.7 Å². The van der Waals surface area contributed by atoms with Crippen LogP contribution in [0.2, 0.25) is 0 Å². The van der Waals surface area contributed by atoms with Crippen LogP contribution in [0.1, 0.15) is 29.2 Å². The van der Waals surface area contributed by atoms with Crippen LogP contribution in [0.3, 0.4) is 0 Å². The lowest BCUT2D eigenvalue weighted by molar-refractivity contribution is 0.346. The molecule has 0 unspecified atom stereocenters. The molecule has 0 saturated heterocycles. The van der Waals surface area contributed by atoms with Gasteiger partial charge in [-0.05, 0) is 84.8 Å². The molecule has 0 amide bonds. The lowest BCUT2D eigenvalue weighted by Crippen LogP contribution is -2.14. The van der Waals surface area contributed by atoms with Crippen LogP contribution < -0.4 is 10.6 Å². The van der Waals surface area contributed by atoms with E-state index in [4.69, 9.17) is 28.8 Å². The van der Waals surface area contributed by atoms with E-state index in [0.717, 1.165) is 4.91 Å². The van der Waals surface area contributed by atoms with Crippen LogP contribution in [-0.4, -0.2) is 11.0 Å². The average Bonchev–Trinajstić information content (AvgIpc) is 2.74. The zero-order chi connectivity index (χ0) is 22.4. The largest absolute Gasteiger partial charge is 0.479 e. The molecule has 0 aliphatic carbocycles. The van der Waals surface area contributed by atoms with Gasteiger partial charge in [0.15, 0.2) is 0 Å². The maximum Gasteiger partial charge on any atom is 0.224 e. The second kappa shape index (κ2) is 10.7. The van der Waals surface area contributed by atoms with Gasteiger partial charge >= 0.3 is 0 Å². The van der Waals surface area contributed by atoms with Crippen LogP contribution in [0.15, 0.2) is 78.6 Å². The first-order valence-corrected chi connectivity index (χ1v) is 14.3. The van der Waals surface area contributed by atoms with Crippen molar-refractivity contribution < 1.29 is 4.74 Å². The molecule has 0 aliphatic rings. The van der Waals surface area contributed by atoms with Crippen molar-refractivity contribution in [3.8, 4) is 0 Å². The highest BCUT2D eigenvalue weighted by atomic mass is 32.4. The van der Waals surface area contributed by atoms with E-state index in [-0.39, 0.29) is 0 Å². The molecule has 3 rings (SSSR count). The van der Waals surface area contributed by atoms with E-state index in [1.54, 1.807) is 0 Å². The lowest BCUT2D eigenvalue weighted by Gasteiger charge is -2.23. The highest BCUT2D eigenvalue weighted by Gasteiger charge is 2.23. The van der Waals surface area contributed by atoms with Crippen LogP contribution in [0, 0.1) is 20.8 Å². The first kappa shape index (κ1) is 23.9. The normalized spacial score (nSPS) is 11.9. The standard InChI is InChI=1S/C26H27OPS3/c1-5-27-26(29)31-24(25-20(3)16-19(2)17-21(25)4)18-28(30,22-12-8-6-9-13-22)23-14-10-7-11-15-23/h6-18H,5H2,1-4H3/b24-18+. The Hall–Kier alpha value is -1.71. The Morgan fingerprint density at radius 2 is 1.39 bits per heavy atom. The van der Waals surface area contributed by atoms with Gasteiger partial charge in [-0.1, -0.05) is 90.2 Å². The second-order valence-corrected chi connectivity index (χ2v) is 13.4. The molecule has 0 fully saturated rings. The number of thiocarbonyl (C=S) groups is 1. The van der Waals surface area contributed by atoms with E-state index in [1.807, 2.05) is 19.1 Å². The maximum atomic E-state index is 6.48. The van der Waals surface area contributed by atoms with E-state index in [0.29, 0.717) is 11.0 Å². The summed E-state index contributed by atoms with van der Waals surface area (Å²) in [4.78, 5) is 1.07. The van der Waals surface area contributed by atoms with Crippen LogP contribution >= 0.6 is 30.0 Å². The third-order valence-corrected chi connectivity index (χ3v) is 10.7. The molecule has 3 aromatic rings. The summed E-state index contributed by atoms with van der Waals surface area (Å²) in [5.74, 6) is 2.29. The molecule has 0 aliphatic heterocycles. The predicted octanol–water partition coefficient (Wildman–Crippen LogP) is 7.10. The third kappa shape index (κ3) is 5.75. The minimum atomic E-state index is -2.24. The van der Waals surface area contributed by atoms with Crippen molar-refractivity contribution in [2.45, 2.75) is 27.7 Å². The fourth-order valence-corrected chi connectivity index (χ4v) is 9.10. The number of thioether (sulfide) groups is 1. The van der Waals surface area contributed by atoms with Gasteiger partial charge in [0.2, 0.25) is 4.38 Å². The number of hydrogen-bond donors (Lipinski definition) is 0. The zero-order valence-electron chi connectivity index (χ0n) is 18.3. The second-order valence-electron chi connectivity index (χ2n) is 7.38. The minimum Gasteiger partial charge on any atom is -0.479 e. The number of benzene rings is 3. The van der Waals surface area contributed by atoms with Gasteiger partial charge in [-0.2, -0.15) is 0 Å². The van der Waals surface area contributed by atoms with Gasteiger partial charge in [-0.25, -0.2) is 0 Å². The molecule has 0 spiro atoms. The summed E-state index contributed by atoms with van der Waals surface area (Å²) in [7, 11) is 0. The van der Waals surface area contributed by atoms with Gasteiger partial charge in [0.05, 0.1) is 6.61 Å². The van der Waals surface area contributed by atoms with E-state index < -0.39 is 6.04 Å². The molecule has 0 saturated carbocycles.